The summed E-state index contributed by atoms with van der Waals surface area (Å²) in [6.45, 7) is 1.12. The number of aromatic nitrogens is 2. The Morgan fingerprint density at radius 3 is 2.84 bits per heavy atom. The fourth-order valence-corrected chi connectivity index (χ4v) is 5.91. The Kier molecular flexibility index (Phi) is 6.82. The quantitative estimate of drug-likeness (QED) is 0.445. The number of thiophene rings is 1. The Morgan fingerprint density at radius 2 is 2.19 bits per heavy atom. The van der Waals surface area contributed by atoms with Crippen LogP contribution in [0.3, 0.4) is 0 Å². The van der Waals surface area contributed by atoms with Crippen LogP contribution in [0.1, 0.15) is 34.1 Å². The second-order valence-electron chi connectivity index (χ2n) is 6.81. The number of sulfone groups is 1. The molecule has 0 saturated carbocycles. The van der Waals surface area contributed by atoms with E-state index in [-0.39, 0.29) is 33.3 Å². The molecule has 1 atom stereocenters. The van der Waals surface area contributed by atoms with E-state index in [2.05, 4.69) is 10.4 Å². The highest BCUT2D eigenvalue weighted by molar-refractivity contribution is 7.91. The maximum absolute atomic E-state index is 12.0. The van der Waals surface area contributed by atoms with Crippen molar-refractivity contribution in [2.75, 3.05) is 23.4 Å². The number of halogens is 1. The number of anilines is 1. The van der Waals surface area contributed by atoms with Gasteiger partial charge < -0.3 is 15.8 Å². The summed E-state index contributed by atoms with van der Waals surface area (Å²) in [6, 6.07) is 1.13. The van der Waals surface area contributed by atoms with Crippen LogP contribution in [-0.2, 0) is 24.2 Å². The van der Waals surface area contributed by atoms with Gasteiger partial charge in [-0.3, -0.25) is 9.59 Å². The van der Waals surface area contributed by atoms with E-state index >= 15 is 0 Å². The number of nitrogens with two attached hydrogens (primary N) is 1. The first-order valence-electron chi connectivity index (χ1n) is 9.04. The lowest BCUT2D eigenvalue weighted by atomic mass is 10.2. The lowest BCUT2D eigenvalue weighted by Crippen LogP contribution is -2.21. The molecule has 0 radical (unpaired) electrons. The van der Waals surface area contributed by atoms with Gasteiger partial charge in [0.2, 0.25) is 0 Å². The van der Waals surface area contributed by atoms with Gasteiger partial charge in [-0.2, -0.15) is 5.10 Å². The van der Waals surface area contributed by atoms with Crippen molar-refractivity contribution in [3.05, 3.63) is 39.5 Å². The van der Waals surface area contributed by atoms with Gasteiger partial charge in [0.1, 0.15) is 10.2 Å². The van der Waals surface area contributed by atoms with Crippen LogP contribution in [0.4, 0.5) is 5.00 Å². The predicted octanol–water partition coefficient (Wildman–Crippen LogP) is 1.56. The minimum absolute atomic E-state index is 0.0319. The van der Waals surface area contributed by atoms with Crippen LogP contribution >= 0.6 is 22.9 Å². The molecule has 1 fully saturated rings. The van der Waals surface area contributed by atoms with E-state index in [1.807, 2.05) is 0 Å². The van der Waals surface area contributed by atoms with Crippen molar-refractivity contribution in [3.8, 4) is 0 Å². The molecule has 31 heavy (non-hydrogen) atoms. The lowest BCUT2D eigenvalue weighted by Gasteiger charge is -2.09. The van der Waals surface area contributed by atoms with Gasteiger partial charge in [0.25, 0.3) is 11.8 Å². The highest BCUT2D eigenvalue weighted by Crippen LogP contribution is 2.30. The number of primary amides is 1. The Labute approximate surface area is 186 Å². The van der Waals surface area contributed by atoms with Crippen molar-refractivity contribution in [2.45, 2.75) is 19.4 Å². The summed E-state index contributed by atoms with van der Waals surface area (Å²) < 4.78 is 29.7. The van der Waals surface area contributed by atoms with Gasteiger partial charge >= 0.3 is 5.97 Å². The Morgan fingerprint density at radius 1 is 1.45 bits per heavy atom. The van der Waals surface area contributed by atoms with Gasteiger partial charge in [-0.1, -0.05) is 11.6 Å². The summed E-state index contributed by atoms with van der Waals surface area (Å²) in [7, 11) is -3.11. The molecule has 0 bridgehead atoms. The second kappa shape index (κ2) is 9.20. The van der Waals surface area contributed by atoms with Crippen molar-refractivity contribution in [2.24, 2.45) is 5.73 Å². The Balaban J connectivity index is 1.58. The van der Waals surface area contributed by atoms with E-state index < -0.39 is 34.2 Å². The van der Waals surface area contributed by atoms with E-state index in [0.717, 1.165) is 17.4 Å². The number of amides is 2. The molecular weight excluding hydrogens is 468 g/mol. The van der Waals surface area contributed by atoms with Crippen LogP contribution < -0.4 is 11.1 Å². The molecule has 13 heteroatoms. The number of hydrogen-bond acceptors (Lipinski definition) is 8. The van der Waals surface area contributed by atoms with Gasteiger partial charge in [0, 0.05) is 11.6 Å². The molecular formula is C18H19ClN4O6S2. The third kappa shape index (κ3) is 5.51. The SMILES string of the molecule is Cc1nn([C@@H]2CCS(=O)(=O)C2)c(Cl)c1/C=C/C(=O)OCC(=O)Nc1sccc1C(N)=O. The summed E-state index contributed by atoms with van der Waals surface area (Å²) in [6.07, 6.45) is 2.92. The highest BCUT2D eigenvalue weighted by Gasteiger charge is 2.31. The average Bonchev–Trinajstić information content (AvgIpc) is 3.36. The Hall–Kier alpha value is -2.70. The van der Waals surface area contributed by atoms with Gasteiger partial charge in [-0.25, -0.2) is 17.9 Å². The van der Waals surface area contributed by atoms with Gasteiger partial charge in [-0.15, -0.1) is 11.3 Å². The smallest absolute Gasteiger partial charge is 0.331 e. The third-order valence-electron chi connectivity index (χ3n) is 4.54. The van der Waals surface area contributed by atoms with E-state index in [4.69, 9.17) is 22.1 Å². The number of esters is 1. The number of aryl methyl sites for hydroxylation is 1. The number of nitrogens with one attached hydrogen (secondary N) is 1. The molecule has 1 aliphatic heterocycles. The maximum Gasteiger partial charge on any atom is 0.331 e. The van der Waals surface area contributed by atoms with E-state index in [1.165, 1.54) is 16.8 Å². The van der Waals surface area contributed by atoms with Crippen molar-refractivity contribution >= 4 is 61.6 Å². The summed E-state index contributed by atoms with van der Waals surface area (Å²) in [5, 5.41) is 8.83. The van der Waals surface area contributed by atoms with Crippen LogP contribution in [0.25, 0.3) is 6.08 Å². The molecule has 3 N–H and O–H groups in total. The number of carbonyl (C=O) groups is 3. The molecule has 1 saturated heterocycles. The largest absolute Gasteiger partial charge is 0.452 e. The molecule has 2 amide bonds. The number of hydrogen-bond donors (Lipinski definition) is 2. The summed E-state index contributed by atoms with van der Waals surface area (Å²) in [5.41, 5.74) is 6.35. The first kappa shape index (κ1) is 23.0. The molecule has 3 heterocycles. The fourth-order valence-electron chi connectivity index (χ4n) is 3.03. The Bertz CT molecular complexity index is 1170. The summed E-state index contributed by atoms with van der Waals surface area (Å²) in [5.74, 6) is -2.05. The van der Waals surface area contributed by atoms with Crippen molar-refractivity contribution in [3.63, 3.8) is 0 Å². The van der Waals surface area contributed by atoms with Gasteiger partial charge in [-0.05, 0) is 30.9 Å². The first-order chi connectivity index (χ1) is 14.6. The highest BCUT2D eigenvalue weighted by atomic mass is 35.5. The van der Waals surface area contributed by atoms with Crippen LogP contribution in [0.5, 0.6) is 0 Å². The number of rotatable bonds is 7. The van der Waals surface area contributed by atoms with E-state index in [1.54, 1.807) is 12.3 Å². The summed E-state index contributed by atoms with van der Waals surface area (Å²) in [4.78, 5) is 35.2. The van der Waals surface area contributed by atoms with Crippen molar-refractivity contribution in [1.82, 2.24) is 9.78 Å². The van der Waals surface area contributed by atoms with Gasteiger partial charge in [0.15, 0.2) is 16.4 Å². The standard InChI is InChI=1S/C18H19ClN4O6S2/c1-10-12(16(19)23(22-10)11-5-7-31(27,28)9-11)2-3-15(25)29-8-14(24)21-18-13(17(20)26)4-6-30-18/h2-4,6,11H,5,7-9H2,1H3,(H2,20,26)(H,21,24)/b3-2+/t11-/m1/s1. The molecule has 10 nitrogen and oxygen atoms in total. The third-order valence-corrected chi connectivity index (χ3v) is 7.50. The first-order valence-corrected chi connectivity index (χ1v) is 12.1. The normalized spacial score (nSPS) is 17.7. The average molecular weight is 487 g/mol. The zero-order chi connectivity index (χ0) is 22.8. The monoisotopic (exact) mass is 486 g/mol. The molecule has 0 aliphatic carbocycles. The van der Waals surface area contributed by atoms with Crippen LogP contribution in [0, 0.1) is 6.92 Å². The lowest BCUT2D eigenvalue weighted by molar-refractivity contribution is -0.142. The zero-order valence-electron chi connectivity index (χ0n) is 16.3. The molecule has 0 aromatic carbocycles. The van der Waals surface area contributed by atoms with Crippen LogP contribution in [0.2, 0.25) is 5.15 Å². The molecule has 0 spiro atoms. The molecule has 2 aromatic heterocycles. The molecule has 166 valence electrons. The van der Waals surface area contributed by atoms with Crippen LogP contribution in [0.15, 0.2) is 17.5 Å². The van der Waals surface area contributed by atoms with E-state index in [0.29, 0.717) is 17.7 Å². The number of nitrogens with zero attached hydrogens (tertiary/aromatic N) is 2. The zero-order valence-corrected chi connectivity index (χ0v) is 18.7. The van der Waals surface area contributed by atoms with Gasteiger partial charge in [0.05, 0.1) is 28.8 Å². The fraction of sp³-hybridized carbons (Fsp3) is 0.333. The molecule has 2 aromatic rings. The van der Waals surface area contributed by atoms with E-state index in [9.17, 15) is 22.8 Å². The molecule has 0 unspecified atom stereocenters. The molecule has 1 aliphatic rings. The number of ether oxygens (including phenoxy) is 1. The minimum Gasteiger partial charge on any atom is -0.452 e. The van der Waals surface area contributed by atoms with Crippen LogP contribution in [-0.4, -0.2) is 54.1 Å². The van der Waals surface area contributed by atoms with Crippen molar-refractivity contribution < 1.29 is 27.5 Å². The predicted molar refractivity (Wildman–Crippen MR) is 116 cm³/mol. The van der Waals surface area contributed by atoms with Crippen molar-refractivity contribution in [1.29, 1.82) is 0 Å². The maximum atomic E-state index is 12.0. The minimum atomic E-state index is -3.11. The number of carbonyl (C=O) groups excluding carboxylic acids is 3. The molecule has 3 rings (SSSR count). The summed E-state index contributed by atoms with van der Waals surface area (Å²) >= 11 is 7.45. The topological polar surface area (TPSA) is 150 Å². The second-order valence-corrected chi connectivity index (χ2v) is 10.3.